The largest absolute Gasteiger partial charge is 0.489 e. The molecule has 2 aromatic carbocycles. The molecular weight excluding hydrogens is 338 g/mol. The van der Waals surface area contributed by atoms with Crippen molar-refractivity contribution in [2.45, 2.75) is 13.2 Å². The van der Waals surface area contributed by atoms with Crippen LogP contribution in [0.25, 0.3) is 5.82 Å². The normalized spacial score (nSPS) is 10.5. The summed E-state index contributed by atoms with van der Waals surface area (Å²) in [6.07, 6.45) is 6.93. The van der Waals surface area contributed by atoms with Gasteiger partial charge < -0.3 is 10.1 Å². The van der Waals surface area contributed by atoms with Crippen LogP contribution in [0.15, 0.2) is 85.5 Å². The van der Waals surface area contributed by atoms with Crippen molar-refractivity contribution < 1.29 is 4.74 Å². The number of para-hydroxylation sites is 1. The molecule has 2 heterocycles. The molecular formula is C21H19N5O. The fourth-order valence-corrected chi connectivity index (χ4v) is 2.66. The van der Waals surface area contributed by atoms with Crippen molar-refractivity contribution in [2.24, 2.45) is 0 Å². The quantitative estimate of drug-likeness (QED) is 0.544. The number of rotatable bonds is 7. The van der Waals surface area contributed by atoms with E-state index in [1.807, 2.05) is 48.7 Å². The van der Waals surface area contributed by atoms with E-state index in [0.29, 0.717) is 24.8 Å². The number of nitrogens with one attached hydrogen (secondary N) is 1. The molecule has 0 aliphatic carbocycles. The second-order valence-electron chi connectivity index (χ2n) is 5.99. The van der Waals surface area contributed by atoms with Crippen LogP contribution in [0.5, 0.6) is 5.75 Å². The number of aromatic nitrogens is 4. The fraction of sp³-hybridized carbons (Fsp3) is 0.0952. The van der Waals surface area contributed by atoms with Gasteiger partial charge in [0.05, 0.1) is 12.4 Å². The maximum Gasteiger partial charge on any atom is 0.173 e. The Morgan fingerprint density at radius 3 is 2.67 bits per heavy atom. The topological polar surface area (TPSA) is 64.9 Å². The Morgan fingerprint density at radius 1 is 0.926 bits per heavy atom. The predicted molar refractivity (Wildman–Crippen MR) is 104 cm³/mol. The Labute approximate surface area is 157 Å². The van der Waals surface area contributed by atoms with Gasteiger partial charge in [-0.1, -0.05) is 42.5 Å². The molecule has 0 radical (unpaired) electrons. The highest BCUT2D eigenvalue weighted by molar-refractivity contribution is 5.37. The average Bonchev–Trinajstić information content (AvgIpc) is 3.27. The number of hydrogen-bond donors (Lipinski definition) is 1. The molecule has 0 atom stereocenters. The van der Waals surface area contributed by atoms with E-state index in [1.54, 1.807) is 23.3 Å². The first-order valence-electron chi connectivity index (χ1n) is 8.68. The molecule has 134 valence electrons. The summed E-state index contributed by atoms with van der Waals surface area (Å²) in [7, 11) is 0. The molecule has 6 nitrogen and oxygen atoms in total. The van der Waals surface area contributed by atoms with Gasteiger partial charge in [0, 0.05) is 18.9 Å². The van der Waals surface area contributed by atoms with Crippen LogP contribution in [0, 0.1) is 0 Å². The summed E-state index contributed by atoms with van der Waals surface area (Å²) >= 11 is 0. The number of hydrogen-bond acceptors (Lipinski definition) is 5. The minimum Gasteiger partial charge on any atom is -0.489 e. The molecule has 27 heavy (non-hydrogen) atoms. The van der Waals surface area contributed by atoms with E-state index < -0.39 is 0 Å². The Balaban J connectivity index is 1.38. The monoisotopic (exact) mass is 357 g/mol. The molecule has 0 aliphatic rings. The average molecular weight is 357 g/mol. The zero-order valence-electron chi connectivity index (χ0n) is 14.7. The zero-order valence-corrected chi connectivity index (χ0v) is 14.7. The van der Waals surface area contributed by atoms with Gasteiger partial charge in [-0.15, -0.1) is 0 Å². The van der Waals surface area contributed by atoms with Gasteiger partial charge in [0.2, 0.25) is 0 Å². The number of ether oxygens (including phenoxy) is 1. The zero-order chi connectivity index (χ0) is 18.3. The van der Waals surface area contributed by atoms with Crippen molar-refractivity contribution in [3.8, 4) is 11.6 Å². The second kappa shape index (κ2) is 8.14. The van der Waals surface area contributed by atoms with Crippen LogP contribution in [0.4, 0.5) is 5.82 Å². The van der Waals surface area contributed by atoms with E-state index in [0.717, 1.165) is 16.9 Å². The van der Waals surface area contributed by atoms with Crippen molar-refractivity contribution in [1.82, 2.24) is 19.7 Å². The van der Waals surface area contributed by atoms with Crippen LogP contribution < -0.4 is 10.1 Å². The first-order valence-corrected chi connectivity index (χ1v) is 8.68. The summed E-state index contributed by atoms with van der Waals surface area (Å²) in [5.41, 5.74) is 2.27. The van der Waals surface area contributed by atoms with E-state index in [4.69, 9.17) is 4.74 Å². The molecule has 4 aromatic rings. The number of benzene rings is 2. The van der Waals surface area contributed by atoms with Crippen molar-refractivity contribution in [2.75, 3.05) is 5.32 Å². The van der Waals surface area contributed by atoms with Gasteiger partial charge >= 0.3 is 0 Å². The van der Waals surface area contributed by atoms with Crippen LogP contribution in [0.1, 0.15) is 11.1 Å². The van der Waals surface area contributed by atoms with Crippen molar-refractivity contribution >= 4 is 5.82 Å². The van der Waals surface area contributed by atoms with Gasteiger partial charge in [0.15, 0.2) is 5.82 Å². The van der Waals surface area contributed by atoms with Crippen molar-refractivity contribution in [3.63, 3.8) is 0 Å². The molecule has 6 heteroatoms. The van der Waals surface area contributed by atoms with Gasteiger partial charge in [-0.25, -0.2) is 9.67 Å². The molecule has 0 fully saturated rings. The molecule has 4 rings (SSSR count). The molecule has 0 aliphatic heterocycles. The lowest BCUT2D eigenvalue weighted by atomic mass is 10.1. The Kier molecular flexibility index (Phi) is 5.06. The fourth-order valence-electron chi connectivity index (χ4n) is 2.66. The maximum absolute atomic E-state index is 5.81. The third-order valence-corrected chi connectivity index (χ3v) is 3.97. The smallest absolute Gasteiger partial charge is 0.173 e. The van der Waals surface area contributed by atoms with Gasteiger partial charge in [-0.2, -0.15) is 5.10 Å². The van der Waals surface area contributed by atoms with Crippen LogP contribution in [-0.4, -0.2) is 19.7 Å². The molecule has 0 saturated heterocycles. The summed E-state index contributed by atoms with van der Waals surface area (Å²) in [5, 5.41) is 7.48. The molecule has 0 bridgehead atoms. The Morgan fingerprint density at radius 2 is 1.81 bits per heavy atom. The van der Waals surface area contributed by atoms with Gasteiger partial charge in [0.1, 0.15) is 18.2 Å². The van der Waals surface area contributed by atoms with Crippen molar-refractivity contribution in [1.29, 1.82) is 0 Å². The molecule has 0 saturated carbocycles. The summed E-state index contributed by atoms with van der Waals surface area (Å²) in [6, 6.07) is 20.0. The molecule has 0 spiro atoms. The number of anilines is 1. The molecule has 0 unspecified atom stereocenters. The minimum absolute atomic E-state index is 0.534. The predicted octanol–water partition coefficient (Wildman–Crippen LogP) is 3.85. The highest BCUT2D eigenvalue weighted by atomic mass is 16.5. The van der Waals surface area contributed by atoms with Gasteiger partial charge in [0.25, 0.3) is 0 Å². The van der Waals surface area contributed by atoms with Gasteiger partial charge in [-0.05, 0) is 29.3 Å². The van der Waals surface area contributed by atoms with E-state index in [-0.39, 0.29) is 0 Å². The Bertz CT molecular complexity index is 986. The van der Waals surface area contributed by atoms with Crippen LogP contribution in [-0.2, 0) is 13.2 Å². The summed E-state index contributed by atoms with van der Waals surface area (Å²) < 4.78 is 7.49. The lowest BCUT2D eigenvalue weighted by Crippen LogP contribution is -2.06. The minimum atomic E-state index is 0.534. The van der Waals surface area contributed by atoms with Crippen LogP contribution >= 0.6 is 0 Å². The highest BCUT2D eigenvalue weighted by Crippen LogP contribution is 2.14. The van der Waals surface area contributed by atoms with Gasteiger partial charge in [-0.3, -0.25) is 4.98 Å². The standard InChI is InChI=1S/C21H19N5O/c1-2-8-19(9-3-1)27-16-18-7-4-6-17(12-18)13-23-20-14-22-15-21(25-20)26-11-5-10-24-26/h1-12,14-15H,13,16H2,(H,23,25). The van der Waals surface area contributed by atoms with Crippen molar-refractivity contribution in [3.05, 3.63) is 96.6 Å². The van der Waals surface area contributed by atoms with E-state index in [2.05, 4.69) is 38.6 Å². The summed E-state index contributed by atoms with van der Waals surface area (Å²) in [5.74, 6) is 2.25. The lowest BCUT2D eigenvalue weighted by Gasteiger charge is -2.10. The summed E-state index contributed by atoms with van der Waals surface area (Å²) in [4.78, 5) is 8.76. The van der Waals surface area contributed by atoms with E-state index in [9.17, 15) is 0 Å². The number of nitrogens with zero attached hydrogens (tertiary/aromatic N) is 4. The first-order chi connectivity index (χ1) is 13.4. The molecule has 0 amide bonds. The maximum atomic E-state index is 5.81. The third-order valence-electron chi connectivity index (χ3n) is 3.97. The summed E-state index contributed by atoms with van der Waals surface area (Å²) in [6.45, 7) is 1.18. The first kappa shape index (κ1) is 16.8. The third kappa shape index (κ3) is 4.49. The lowest BCUT2D eigenvalue weighted by molar-refractivity contribution is 0.306. The van der Waals surface area contributed by atoms with E-state index in [1.165, 1.54) is 0 Å². The second-order valence-corrected chi connectivity index (χ2v) is 5.99. The Hall–Kier alpha value is -3.67. The van der Waals surface area contributed by atoms with Crippen LogP contribution in [0.2, 0.25) is 0 Å². The molecule has 2 aromatic heterocycles. The highest BCUT2D eigenvalue weighted by Gasteiger charge is 2.02. The SMILES string of the molecule is c1ccc(OCc2cccc(CNc3cncc(-n4cccn4)n3)c2)cc1. The van der Waals surface area contributed by atoms with Crippen LogP contribution in [0.3, 0.4) is 0 Å². The molecule has 1 N–H and O–H groups in total. The van der Waals surface area contributed by atoms with E-state index >= 15 is 0 Å².